The number of para-hydroxylation sites is 1. The Morgan fingerprint density at radius 2 is 2.03 bits per heavy atom. The van der Waals surface area contributed by atoms with Crippen LogP contribution in [0.5, 0.6) is 5.75 Å². The highest BCUT2D eigenvalue weighted by Gasteiger charge is 2.44. The van der Waals surface area contributed by atoms with E-state index >= 15 is 0 Å². The van der Waals surface area contributed by atoms with Crippen molar-refractivity contribution in [2.75, 3.05) is 25.0 Å². The number of nitrogens with one attached hydrogen (secondary N) is 2. The molecule has 3 aromatic rings. The third kappa shape index (κ3) is 4.77. The fraction of sp³-hybridized carbons (Fsp3) is 0.318. The normalized spacial score (nSPS) is 16.7. The van der Waals surface area contributed by atoms with Crippen molar-refractivity contribution in [3.8, 4) is 5.75 Å². The zero-order valence-corrected chi connectivity index (χ0v) is 17.5. The summed E-state index contributed by atoms with van der Waals surface area (Å²) in [7, 11) is 0. The average Bonchev–Trinajstić information content (AvgIpc) is 3.38. The van der Waals surface area contributed by atoms with Crippen molar-refractivity contribution >= 4 is 34.2 Å². The SMILES string of the molecule is O=C(c1ccccc1OC(F)(F)C(F)F)N1CC[C@@H](CNc2cc3ccc(Cl)cc3[nH]2)C1. The molecule has 0 radical (unpaired) electrons. The van der Waals surface area contributed by atoms with E-state index in [0.29, 0.717) is 31.1 Å². The zero-order valence-electron chi connectivity index (χ0n) is 16.8. The van der Waals surface area contributed by atoms with Gasteiger partial charge < -0.3 is 19.9 Å². The molecule has 1 fully saturated rings. The number of hydrogen-bond donors (Lipinski definition) is 2. The first-order valence-electron chi connectivity index (χ1n) is 9.98. The lowest BCUT2D eigenvalue weighted by Gasteiger charge is -2.21. The summed E-state index contributed by atoms with van der Waals surface area (Å²) < 4.78 is 55.9. The van der Waals surface area contributed by atoms with E-state index in [2.05, 4.69) is 15.0 Å². The quantitative estimate of drug-likeness (QED) is 0.441. The number of rotatable bonds is 7. The number of hydrogen-bond acceptors (Lipinski definition) is 3. The number of alkyl halides is 4. The Balaban J connectivity index is 1.38. The van der Waals surface area contributed by atoms with E-state index in [9.17, 15) is 22.4 Å². The molecule has 2 N–H and O–H groups in total. The summed E-state index contributed by atoms with van der Waals surface area (Å²) in [6, 6.07) is 12.7. The molecular weight excluding hydrogens is 450 g/mol. The van der Waals surface area contributed by atoms with E-state index in [1.54, 1.807) is 6.07 Å². The Morgan fingerprint density at radius 1 is 1.25 bits per heavy atom. The molecule has 1 aliphatic rings. The van der Waals surface area contributed by atoms with E-state index in [4.69, 9.17) is 11.6 Å². The maximum atomic E-state index is 13.4. The molecule has 1 aromatic heterocycles. The van der Waals surface area contributed by atoms with Crippen molar-refractivity contribution in [1.82, 2.24) is 9.88 Å². The number of likely N-dealkylation sites (tertiary alicyclic amines) is 1. The van der Waals surface area contributed by atoms with Gasteiger partial charge in [0.2, 0.25) is 0 Å². The lowest BCUT2D eigenvalue weighted by Crippen LogP contribution is -2.35. The van der Waals surface area contributed by atoms with Gasteiger partial charge in [-0.05, 0) is 42.7 Å². The summed E-state index contributed by atoms with van der Waals surface area (Å²) in [6.45, 7) is 1.41. The molecule has 4 rings (SSSR count). The van der Waals surface area contributed by atoms with Crippen LogP contribution in [0.25, 0.3) is 10.9 Å². The van der Waals surface area contributed by atoms with Gasteiger partial charge >= 0.3 is 12.5 Å². The molecule has 0 saturated carbocycles. The first kappa shape index (κ1) is 22.3. The molecule has 0 unspecified atom stereocenters. The van der Waals surface area contributed by atoms with Gasteiger partial charge in [0.25, 0.3) is 5.91 Å². The number of halogens is 5. The standard InChI is InChI=1S/C22H20ClF4N3O2/c23-15-6-5-14-9-19(29-17(14)10-15)28-11-13-7-8-30(12-13)20(31)16-3-1-2-4-18(16)32-22(26,27)21(24)25/h1-6,9-10,13,21,28-29H,7-8,11-12H2/t13-/m0/s1. The molecule has 0 aliphatic carbocycles. The van der Waals surface area contributed by atoms with Gasteiger partial charge in [0.05, 0.1) is 5.56 Å². The number of amides is 1. The third-order valence-electron chi connectivity index (χ3n) is 5.36. The zero-order chi connectivity index (χ0) is 22.9. The maximum absolute atomic E-state index is 13.4. The third-order valence-corrected chi connectivity index (χ3v) is 5.59. The molecular formula is C22H20ClF4N3O2. The minimum Gasteiger partial charge on any atom is -0.427 e. The number of aromatic amines is 1. The number of carbonyl (C=O) groups is 1. The van der Waals surface area contributed by atoms with E-state index < -0.39 is 24.2 Å². The maximum Gasteiger partial charge on any atom is 0.461 e. The van der Waals surface area contributed by atoms with Crippen LogP contribution >= 0.6 is 11.6 Å². The van der Waals surface area contributed by atoms with Crippen molar-refractivity contribution < 1.29 is 27.1 Å². The van der Waals surface area contributed by atoms with Crippen LogP contribution in [-0.4, -0.2) is 48.0 Å². The van der Waals surface area contributed by atoms with Crippen LogP contribution in [0.15, 0.2) is 48.5 Å². The van der Waals surface area contributed by atoms with E-state index in [-0.39, 0.29) is 11.5 Å². The minimum absolute atomic E-state index is 0.129. The van der Waals surface area contributed by atoms with Gasteiger partial charge in [-0.15, -0.1) is 0 Å². The van der Waals surface area contributed by atoms with Gasteiger partial charge in [0.1, 0.15) is 11.6 Å². The van der Waals surface area contributed by atoms with Gasteiger partial charge in [-0.25, -0.2) is 0 Å². The summed E-state index contributed by atoms with van der Waals surface area (Å²) in [5.41, 5.74) is 0.731. The first-order valence-corrected chi connectivity index (χ1v) is 10.4. The predicted octanol–water partition coefficient (Wildman–Crippen LogP) is 5.63. The van der Waals surface area contributed by atoms with Crippen molar-refractivity contribution in [2.24, 2.45) is 5.92 Å². The Labute approximate surface area is 186 Å². The van der Waals surface area contributed by atoms with Gasteiger partial charge in [0, 0.05) is 35.6 Å². The molecule has 2 aromatic carbocycles. The molecule has 170 valence electrons. The molecule has 2 heterocycles. The number of fused-ring (bicyclic) bond motifs is 1. The number of anilines is 1. The highest BCUT2D eigenvalue weighted by atomic mass is 35.5. The molecule has 5 nitrogen and oxygen atoms in total. The molecule has 1 saturated heterocycles. The summed E-state index contributed by atoms with van der Waals surface area (Å²) in [5, 5.41) is 4.95. The molecule has 1 amide bonds. The van der Waals surface area contributed by atoms with Crippen LogP contribution in [0.3, 0.4) is 0 Å². The second-order valence-electron chi connectivity index (χ2n) is 7.66. The average molecular weight is 470 g/mol. The summed E-state index contributed by atoms with van der Waals surface area (Å²) in [5.74, 6) is -0.154. The second kappa shape index (κ2) is 8.90. The summed E-state index contributed by atoms with van der Waals surface area (Å²) >= 11 is 6.00. The minimum atomic E-state index is -4.68. The molecule has 1 aliphatic heterocycles. The Morgan fingerprint density at radius 3 is 2.81 bits per heavy atom. The largest absolute Gasteiger partial charge is 0.461 e. The summed E-state index contributed by atoms with van der Waals surface area (Å²) in [4.78, 5) is 17.6. The van der Waals surface area contributed by atoms with Crippen molar-refractivity contribution in [3.63, 3.8) is 0 Å². The number of benzene rings is 2. The van der Waals surface area contributed by atoms with E-state index in [1.807, 2.05) is 18.2 Å². The number of carbonyl (C=O) groups excluding carboxylic acids is 1. The number of ether oxygens (including phenoxy) is 1. The fourth-order valence-electron chi connectivity index (χ4n) is 3.73. The monoisotopic (exact) mass is 469 g/mol. The molecule has 0 bridgehead atoms. The van der Waals surface area contributed by atoms with Crippen LogP contribution in [0.1, 0.15) is 16.8 Å². The Kier molecular flexibility index (Phi) is 6.19. The smallest absolute Gasteiger partial charge is 0.427 e. The van der Waals surface area contributed by atoms with Gasteiger partial charge in [-0.2, -0.15) is 17.6 Å². The van der Waals surface area contributed by atoms with Gasteiger partial charge in [-0.3, -0.25) is 4.79 Å². The lowest BCUT2D eigenvalue weighted by atomic mass is 10.1. The second-order valence-corrected chi connectivity index (χ2v) is 8.10. The van der Waals surface area contributed by atoms with Crippen molar-refractivity contribution in [1.29, 1.82) is 0 Å². The highest BCUT2D eigenvalue weighted by Crippen LogP contribution is 2.31. The topological polar surface area (TPSA) is 57.4 Å². The molecule has 10 heteroatoms. The van der Waals surface area contributed by atoms with Gasteiger partial charge in [0.15, 0.2) is 0 Å². The lowest BCUT2D eigenvalue weighted by molar-refractivity contribution is -0.253. The molecule has 1 atom stereocenters. The number of nitrogens with zero attached hydrogens (tertiary/aromatic N) is 1. The first-order chi connectivity index (χ1) is 15.2. The van der Waals surface area contributed by atoms with Gasteiger partial charge in [-0.1, -0.05) is 29.8 Å². The van der Waals surface area contributed by atoms with Crippen molar-refractivity contribution in [2.45, 2.75) is 19.0 Å². The van der Waals surface area contributed by atoms with Crippen LogP contribution in [-0.2, 0) is 0 Å². The van der Waals surface area contributed by atoms with E-state index in [1.165, 1.54) is 23.1 Å². The van der Waals surface area contributed by atoms with Crippen LogP contribution < -0.4 is 10.1 Å². The Bertz CT molecular complexity index is 1120. The number of aromatic nitrogens is 1. The molecule has 32 heavy (non-hydrogen) atoms. The van der Waals surface area contributed by atoms with Crippen LogP contribution in [0.2, 0.25) is 5.02 Å². The molecule has 0 spiro atoms. The van der Waals surface area contributed by atoms with Crippen molar-refractivity contribution in [3.05, 3.63) is 59.1 Å². The summed E-state index contributed by atoms with van der Waals surface area (Å²) in [6.07, 6.45) is -7.98. The fourth-order valence-corrected chi connectivity index (χ4v) is 3.90. The predicted molar refractivity (Wildman–Crippen MR) is 114 cm³/mol. The van der Waals surface area contributed by atoms with E-state index in [0.717, 1.165) is 22.8 Å². The Hall–Kier alpha value is -2.94. The van der Waals surface area contributed by atoms with Crippen LogP contribution in [0.4, 0.5) is 23.4 Å². The van der Waals surface area contributed by atoms with Crippen LogP contribution in [0, 0.1) is 5.92 Å². The number of H-pyrrole nitrogens is 1. The highest BCUT2D eigenvalue weighted by molar-refractivity contribution is 6.31.